The van der Waals surface area contributed by atoms with Crippen molar-refractivity contribution >= 4 is 12.0 Å². The summed E-state index contributed by atoms with van der Waals surface area (Å²) in [4.78, 5) is 27.6. The molecule has 0 radical (unpaired) electrons. The molecule has 0 bridgehead atoms. The number of likely N-dealkylation sites (tertiary alicyclic amines) is 2. The van der Waals surface area contributed by atoms with Gasteiger partial charge in [-0.1, -0.05) is 27.2 Å². The number of piperidine rings is 2. The number of nitrogens with zero attached hydrogens (tertiary/aromatic N) is 2. The van der Waals surface area contributed by atoms with Crippen LogP contribution in [0, 0.1) is 11.3 Å². The second kappa shape index (κ2) is 6.24. The fourth-order valence-corrected chi connectivity index (χ4v) is 3.36. The molecule has 0 aliphatic carbocycles. The Hall–Kier alpha value is -1.26. The van der Waals surface area contributed by atoms with E-state index in [2.05, 4.69) is 20.8 Å². The quantitative estimate of drug-likeness (QED) is 0.852. The largest absolute Gasteiger partial charge is 0.480 e. The average Bonchev–Trinajstić information content (AvgIpc) is 2.45. The Kier molecular flexibility index (Phi) is 4.79. The van der Waals surface area contributed by atoms with Gasteiger partial charge in [-0.05, 0) is 37.0 Å². The zero-order chi connectivity index (χ0) is 15.6. The molecule has 21 heavy (non-hydrogen) atoms. The highest BCUT2D eigenvalue weighted by atomic mass is 16.4. The maximum Gasteiger partial charge on any atom is 0.326 e. The van der Waals surface area contributed by atoms with Gasteiger partial charge in [0.1, 0.15) is 6.04 Å². The van der Waals surface area contributed by atoms with Crippen molar-refractivity contribution in [3.05, 3.63) is 0 Å². The summed E-state index contributed by atoms with van der Waals surface area (Å²) in [6.45, 7) is 8.60. The number of carboxylic acid groups (broad SMARTS) is 1. The summed E-state index contributed by atoms with van der Waals surface area (Å²) < 4.78 is 0. The summed E-state index contributed by atoms with van der Waals surface area (Å²) in [5.74, 6) is -0.436. The van der Waals surface area contributed by atoms with Gasteiger partial charge in [0.2, 0.25) is 0 Å². The van der Waals surface area contributed by atoms with Crippen LogP contribution in [-0.4, -0.2) is 52.6 Å². The SMILES string of the molecule is CCC1CCN(C(=O)N2CCC(C)(C)CC2)C(C(=O)O)C1. The third-order valence-corrected chi connectivity index (χ3v) is 5.21. The molecule has 2 amide bonds. The summed E-state index contributed by atoms with van der Waals surface area (Å²) in [6, 6.07) is -0.724. The lowest BCUT2D eigenvalue weighted by molar-refractivity contribution is -0.144. The minimum atomic E-state index is -0.862. The van der Waals surface area contributed by atoms with E-state index in [1.807, 2.05) is 4.90 Å². The van der Waals surface area contributed by atoms with Crippen molar-refractivity contribution in [2.24, 2.45) is 11.3 Å². The summed E-state index contributed by atoms with van der Waals surface area (Å²) in [5.41, 5.74) is 0.290. The number of carboxylic acids is 1. The Morgan fingerprint density at radius 2 is 1.81 bits per heavy atom. The number of hydrogen-bond acceptors (Lipinski definition) is 2. The van der Waals surface area contributed by atoms with Gasteiger partial charge in [0.05, 0.1) is 0 Å². The van der Waals surface area contributed by atoms with E-state index < -0.39 is 12.0 Å². The molecule has 2 aliphatic rings. The van der Waals surface area contributed by atoms with Crippen LogP contribution >= 0.6 is 0 Å². The third-order valence-electron chi connectivity index (χ3n) is 5.21. The first-order valence-electron chi connectivity index (χ1n) is 8.12. The lowest BCUT2D eigenvalue weighted by Crippen LogP contribution is -2.56. The Bertz CT molecular complexity index is 398. The van der Waals surface area contributed by atoms with Gasteiger partial charge in [-0.2, -0.15) is 0 Å². The molecule has 120 valence electrons. The Morgan fingerprint density at radius 3 is 2.33 bits per heavy atom. The highest BCUT2D eigenvalue weighted by Crippen LogP contribution is 2.32. The number of hydrogen-bond donors (Lipinski definition) is 1. The molecule has 1 N–H and O–H groups in total. The Labute approximate surface area is 127 Å². The van der Waals surface area contributed by atoms with Gasteiger partial charge in [0, 0.05) is 19.6 Å². The second-order valence-electron chi connectivity index (χ2n) is 7.28. The van der Waals surface area contributed by atoms with E-state index in [1.165, 1.54) is 0 Å². The van der Waals surface area contributed by atoms with Crippen molar-refractivity contribution in [2.75, 3.05) is 19.6 Å². The Balaban J connectivity index is 2.02. The molecular weight excluding hydrogens is 268 g/mol. The maximum atomic E-state index is 12.7. The van der Waals surface area contributed by atoms with Gasteiger partial charge < -0.3 is 14.9 Å². The van der Waals surface area contributed by atoms with Crippen molar-refractivity contribution in [1.82, 2.24) is 9.80 Å². The molecule has 2 rings (SSSR count). The van der Waals surface area contributed by atoms with Crippen LogP contribution in [0.5, 0.6) is 0 Å². The molecule has 0 aromatic rings. The smallest absolute Gasteiger partial charge is 0.326 e. The summed E-state index contributed by atoms with van der Waals surface area (Å²) in [7, 11) is 0. The molecule has 0 aromatic heterocycles. The van der Waals surface area contributed by atoms with E-state index in [0.29, 0.717) is 18.9 Å². The van der Waals surface area contributed by atoms with Gasteiger partial charge in [0.15, 0.2) is 0 Å². The van der Waals surface area contributed by atoms with Gasteiger partial charge in [-0.25, -0.2) is 9.59 Å². The number of amides is 2. The van der Waals surface area contributed by atoms with Crippen LogP contribution < -0.4 is 0 Å². The molecule has 0 saturated carbocycles. The molecule has 2 fully saturated rings. The van der Waals surface area contributed by atoms with Crippen LogP contribution in [0.2, 0.25) is 0 Å². The summed E-state index contributed by atoms with van der Waals surface area (Å²) in [6.07, 6.45) is 4.48. The van der Waals surface area contributed by atoms with Crippen molar-refractivity contribution < 1.29 is 14.7 Å². The molecule has 2 saturated heterocycles. The second-order valence-corrected chi connectivity index (χ2v) is 7.28. The first kappa shape index (κ1) is 16.1. The highest BCUT2D eigenvalue weighted by molar-refractivity contribution is 5.83. The van der Waals surface area contributed by atoms with Crippen molar-refractivity contribution in [3.8, 4) is 0 Å². The van der Waals surface area contributed by atoms with Gasteiger partial charge >= 0.3 is 12.0 Å². The minimum absolute atomic E-state index is 0.0764. The van der Waals surface area contributed by atoms with Crippen LogP contribution in [0.4, 0.5) is 4.79 Å². The minimum Gasteiger partial charge on any atom is -0.480 e. The first-order chi connectivity index (χ1) is 9.84. The van der Waals surface area contributed by atoms with E-state index in [1.54, 1.807) is 4.90 Å². The number of carbonyl (C=O) groups excluding carboxylic acids is 1. The molecule has 2 heterocycles. The van der Waals surface area contributed by atoms with Crippen LogP contribution in [0.15, 0.2) is 0 Å². The molecule has 2 unspecified atom stereocenters. The van der Waals surface area contributed by atoms with Crippen molar-refractivity contribution in [2.45, 2.75) is 58.9 Å². The third kappa shape index (κ3) is 3.69. The fraction of sp³-hybridized carbons (Fsp3) is 0.875. The van der Waals surface area contributed by atoms with E-state index in [4.69, 9.17) is 0 Å². The average molecular weight is 296 g/mol. The Morgan fingerprint density at radius 1 is 1.19 bits per heavy atom. The predicted octanol–water partition coefficient (Wildman–Crippen LogP) is 2.80. The molecule has 2 atom stereocenters. The molecule has 0 aromatic carbocycles. The van der Waals surface area contributed by atoms with Gasteiger partial charge in [-0.3, -0.25) is 0 Å². The molecular formula is C16H28N2O3. The lowest BCUT2D eigenvalue weighted by atomic mass is 9.82. The number of urea groups is 1. The summed E-state index contributed by atoms with van der Waals surface area (Å²) >= 11 is 0. The van der Waals surface area contributed by atoms with Crippen LogP contribution in [0.3, 0.4) is 0 Å². The number of rotatable bonds is 2. The zero-order valence-corrected chi connectivity index (χ0v) is 13.5. The van der Waals surface area contributed by atoms with Crippen molar-refractivity contribution in [3.63, 3.8) is 0 Å². The van der Waals surface area contributed by atoms with Crippen LogP contribution in [0.1, 0.15) is 52.9 Å². The van der Waals surface area contributed by atoms with E-state index in [-0.39, 0.29) is 11.4 Å². The summed E-state index contributed by atoms with van der Waals surface area (Å²) in [5, 5.41) is 9.44. The van der Waals surface area contributed by atoms with Crippen LogP contribution in [0.25, 0.3) is 0 Å². The van der Waals surface area contributed by atoms with Gasteiger partial charge in [-0.15, -0.1) is 0 Å². The highest BCUT2D eigenvalue weighted by Gasteiger charge is 2.38. The molecule has 2 aliphatic heterocycles. The first-order valence-corrected chi connectivity index (χ1v) is 8.12. The monoisotopic (exact) mass is 296 g/mol. The fourth-order valence-electron chi connectivity index (χ4n) is 3.36. The van der Waals surface area contributed by atoms with E-state index >= 15 is 0 Å². The van der Waals surface area contributed by atoms with Crippen molar-refractivity contribution in [1.29, 1.82) is 0 Å². The normalized spacial score (nSPS) is 29.3. The van der Waals surface area contributed by atoms with Crippen LogP contribution in [-0.2, 0) is 4.79 Å². The standard InChI is InChI=1S/C16H28N2O3/c1-4-12-5-8-18(13(11-12)14(19)20)15(21)17-9-6-16(2,3)7-10-17/h12-13H,4-11H2,1-3H3,(H,19,20). The lowest BCUT2D eigenvalue weighted by Gasteiger charge is -2.43. The molecule has 5 heteroatoms. The van der Waals surface area contributed by atoms with E-state index in [9.17, 15) is 14.7 Å². The number of carbonyl (C=O) groups is 2. The van der Waals surface area contributed by atoms with E-state index in [0.717, 1.165) is 38.8 Å². The molecule has 5 nitrogen and oxygen atoms in total. The molecule has 0 spiro atoms. The topological polar surface area (TPSA) is 60.9 Å². The number of aliphatic carboxylic acids is 1. The maximum absolute atomic E-state index is 12.7. The predicted molar refractivity (Wildman–Crippen MR) is 81.1 cm³/mol. The van der Waals surface area contributed by atoms with Gasteiger partial charge in [0.25, 0.3) is 0 Å². The zero-order valence-electron chi connectivity index (χ0n) is 13.5.